The summed E-state index contributed by atoms with van der Waals surface area (Å²) in [6.07, 6.45) is -4.33. The van der Waals surface area contributed by atoms with Gasteiger partial charge in [-0.25, -0.2) is 0 Å². The van der Waals surface area contributed by atoms with Crippen LogP contribution in [0, 0.1) is 0 Å². The molecule has 0 aliphatic heterocycles. The number of nitrogens with two attached hydrogens (primary N) is 1. The number of halogens is 3. The molecule has 0 fully saturated rings. The van der Waals surface area contributed by atoms with Crippen molar-refractivity contribution in [2.45, 2.75) is 12.7 Å². The van der Waals surface area contributed by atoms with Gasteiger partial charge in [-0.2, -0.15) is 13.2 Å². The predicted octanol–water partition coefficient (Wildman–Crippen LogP) is 2.01. The van der Waals surface area contributed by atoms with E-state index in [2.05, 4.69) is 5.32 Å². The Morgan fingerprint density at radius 3 is 2.43 bits per heavy atom. The summed E-state index contributed by atoms with van der Waals surface area (Å²) in [5, 5.41) is 2.82. The standard InChI is InChI=1S/C9H11F3N2/c1-14-5-6-2-3-7(4-8(6)13)9(10,11)12/h2-4,14H,5,13H2,1H3. The highest BCUT2D eigenvalue weighted by Gasteiger charge is 2.30. The number of nitrogens with one attached hydrogen (secondary N) is 1. The summed E-state index contributed by atoms with van der Waals surface area (Å²) in [4.78, 5) is 0. The number of benzene rings is 1. The fourth-order valence-electron chi connectivity index (χ4n) is 1.12. The summed E-state index contributed by atoms with van der Waals surface area (Å²) in [6, 6.07) is 3.37. The molecule has 78 valence electrons. The fourth-order valence-corrected chi connectivity index (χ4v) is 1.12. The molecule has 14 heavy (non-hydrogen) atoms. The molecule has 2 nitrogen and oxygen atoms in total. The lowest BCUT2D eigenvalue weighted by Crippen LogP contribution is -2.10. The molecule has 0 unspecified atom stereocenters. The largest absolute Gasteiger partial charge is 0.416 e. The van der Waals surface area contributed by atoms with Gasteiger partial charge in [-0.3, -0.25) is 0 Å². The number of nitrogen functional groups attached to an aromatic ring is 1. The molecule has 5 heteroatoms. The van der Waals surface area contributed by atoms with Gasteiger partial charge in [-0.15, -0.1) is 0 Å². The molecule has 1 aromatic carbocycles. The van der Waals surface area contributed by atoms with E-state index in [1.54, 1.807) is 7.05 Å². The Labute approximate surface area is 79.9 Å². The molecule has 0 radical (unpaired) electrons. The number of rotatable bonds is 2. The van der Waals surface area contributed by atoms with E-state index in [0.717, 1.165) is 12.1 Å². The van der Waals surface area contributed by atoms with Gasteiger partial charge in [0.05, 0.1) is 5.56 Å². The second-order valence-electron chi connectivity index (χ2n) is 2.94. The van der Waals surface area contributed by atoms with E-state index in [1.807, 2.05) is 0 Å². The van der Waals surface area contributed by atoms with Gasteiger partial charge in [0.15, 0.2) is 0 Å². The van der Waals surface area contributed by atoms with Crippen LogP contribution in [0.15, 0.2) is 18.2 Å². The van der Waals surface area contributed by atoms with Gasteiger partial charge >= 0.3 is 6.18 Å². The molecule has 0 saturated carbocycles. The van der Waals surface area contributed by atoms with Crippen molar-refractivity contribution in [3.05, 3.63) is 29.3 Å². The first-order valence-electron chi connectivity index (χ1n) is 4.05. The zero-order valence-corrected chi connectivity index (χ0v) is 7.65. The SMILES string of the molecule is CNCc1ccc(C(F)(F)F)cc1N. The molecule has 0 spiro atoms. The van der Waals surface area contributed by atoms with Crippen LogP contribution in [0.5, 0.6) is 0 Å². The number of alkyl halides is 3. The molecule has 3 N–H and O–H groups in total. The number of hydrogen-bond donors (Lipinski definition) is 2. The molecule has 0 amide bonds. The number of hydrogen-bond acceptors (Lipinski definition) is 2. The van der Waals surface area contributed by atoms with Gasteiger partial charge in [0.1, 0.15) is 0 Å². The van der Waals surface area contributed by atoms with Crippen LogP contribution in [0.2, 0.25) is 0 Å². The van der Waals surface area contributed by atoms with Crippen molar-refractivity contribution in [3.8, 4) is 0 Å². The average Bonchev–Trinajstić information content (AvgIpc) is 2.07. The summed E-state index contributed by atoms with van der Waals surface area (Å²) in [5.74, 6) is 0. The maximum absolute atomic E-state index is 12.2. The normalized spacial score (nSPS) is 11.7. The molecule has 1 rings (SSSR count). The highest BCUT2D eigenvalue weighted by atomic mass is 19.4. The van der Waals surface area contributed by atoms with Gasteiger partial charge in [0.25, 0.3) is 0 Å². The van der Waals surface area contributed by atoms with Crippen LogP contribution in [-0.4, -0.2) is 7.05 Å². The smallest absolute Gasteiger partial charge is 0.398 e. The Bertz CT molecular complexity index is 320. The minimum absolute atomic E-state index is 0.161. The zero-order valence-electron chi connectivity index (χ0n) is 7.65. The third kappa shape index (κ3) is 2.38. The van der Waals surface area contributed by atoms with E-state index >= 15 is 0 Å². The maximum Gasteiger partial charge on any atom is 0.416 e. The monoisotopic (exact) mass is 204 g/mol. The second-order valence-corrected chi connectivity index (χ2v) is 2.94. The van der Waals surface area contributed by atoms with Crippen molar-refractivity contribution < 1.29 is 13.2 Å². The third-order valence-electron chi connectivity index (χ3n) is 1.84. The molecule has 0 heterocycles. The third-order valence-corrected chi connectivity index (χ3v) is 1.84. The fraction of sp³-hybridized carbons (Fsp3) is 0.333. The topological polar surface area (TPSA) is 38.0 Å². The van der Waals surface area contributed by atoms with Gasteiger partial charge < -0.3 is 11.1 Å². The van der Waals surface area contributed by atoms with Gasteiger partial charge in [0.2, 0.25) is 0 Å². The van der Waals surface area contributed by atoms with Crippen molar-refractivity contribution in [3.63, 3.8) is 0 Å². The Morgan fingerprint density at radius 1 is 1.36 bits per heavy atom. The Balaban J connectivity index is 3.01. The lowest BCUT2D eigenvalue weighted by Gasteiger charge is -2.10. The predicted molar refractivity (Wildman–Crippen MR) is 48.6 cm³/mol. The van der Waals surface area contributed by atoms with Gasteiger partial charge in [-0.05, 0) is 24.7 Å². The molecule has 0 aromatic heterocycles. The van der Waals surface area contributed by atoms with E-state index in [1.165, 1.54) is 6.07 Å². The molecule has 0 saturated heterocycles. The van der Waals surface area contributed by atoms with E-state index < -0.39 is 11.7 Å². The molecule has 0 aliphatic rings. The van der Waals surface area contributed by atoms with Gasteiger partial charge in [0, 0.05) is 12.2 Å². The minimum Gasteiger partial charge on any atom is -0.398 e. The summed E-state index contributed by atoms with van der Waals surface area (Å²) in [6.45, 7) is 0.462. The first kappa shape index (κ1) is 10.8. The van der Waals surface area contributed by atoms with Crippen LogP contribution in [0.3, 0.4) is 0 Å². The molecule has 0 atom stereocenters. The van der Waals surface area contributed by atoms with E-state index in [0.29, 0.717) is 12.1 Å². The summed E-state index contributed by atoms with van der Waals surface area (Å²) < 4.78 is 36.6. The van der Waals surface area contributed by atoms with E-state index in [-0.39, 0.29) is 5.69 Å². The highest BCUT2D eigenvalue weighted by molar-refractivity contribution is 5.49. The highest BCUT2D eigenvalue weighted by Crippen LogP contribution is 2.31. The molecule has 0 bridgehead atoms. The van der Waals surface area contributed by atoms with Crippen molar-refractivity contribution in [2.75, 3.05) is 12.8 Å². The zero-order chi connectivity index (χ0) is 10.8. The van der Waals surface area contributed by atoms with Crippen molar-refractivity contribution >= 4 is 5.69 Å². The summed E-state index contributed by atoms with van der Waals surface area (Å²) in [5.41, 5.74) is 5.58. The number of anilines is 1. The lowest BCUT2D eigenvalue weighted by molar-refractivity contribution is -0.137. The minimum atomic E-state index is -4.33. The second kappa shape index (κ2) is 3.88. The van der Waals surface area contributed by atoms with Crippen molar-refractivity contribution in [1.29, 1.82) is 0 Å². The van der Waals surface area contributed by atoms with Gasteiger partial charge in [-0.1, -0.05) is 6.07 Å². The molecular formula is C9H11F3N2. The van der Waals surface area contributed by atoms with E-state index in [4.69, 9.17) is 5.73 Å². The quantitative estimate of drug-likeness (QED) is 0.723. The Morgan fingerprint density at radius 2 is 2.00 bits per heavy atom. The molecular weight excluding hydrogens is 193 g/mol. The van der Waals surface area contributed by atoms with Crippen LogP contribution in [-0.2, 0) is 12.7 Å². The summed E-state index contributed by atoms with van der Waals surface area (Å²) in [7, 11) is 1.71. The first-order chi connectivity index (χ1) is 6.45. The Kier molecular flexibility index (Phi) is 3.00. The van der Waals surface area contributed by atoms with Crippen molar-refractivity contribution in [1.82, 2.24) is 5.32 Å². The van der Waals surface area contributed by atoms with Crippen LogP contribution in [0.25, 0.3) is 0 Å². The first-order valence-corrected chi connectivity index (χ1v) is 4.05. The van der Waals surface area contributed by atoms with Crippen LogP contribution >= 0.6 is 0 Å². The van der Waals surface area contributed by atoms with Crippen LogP contribution in [0.1, 0.15) is 11.1 Å². The van der Waals surface area contributed by atoms with Crippen molar-refractivity contribution in [2.24, 2.45) is 0 Å². The lowest BCUT2D eigenvalue weighted by atomic mass is 10.1. The van der Waals surface area contributed by atoms with E-state index in [9.17, 15) is 13.2 Å². The average molecular weight is 204 g/mol. The Hall–Kier alpha value is -1.23. The van der Waals surface area contributed by atoms with Crippen LogP contribution < -0.4 is 11.1 Å². The molecule has 1 aromatic rings. The summed E-state index contributed by atoms with van der Waals surface area (Å²) >= 11 is 0. The van der Waals surface area contributed by atoms with Crippen LogP contribution in [0.4, 0.5) is 18.9 Å². The maximum atomic E-state index is 12.2. The molecule has 0 aliphatic carbocycles.